The fourth-order valence-electron chi connectivity index (χ4n) is 2.29. The monoisotopic (exact) mass is 281 g/mol. The second-order valence-electron chi connectivity index (χ2n) is 4.76. The van der Waals surface area contributed by atoms with E-state index in [0.717, 1.165) is 19.4 Å². The average molecular weight is 281 g/mol. The minimum absolute atomic E-state index is 0.0203. The molecule has 0 aliphatic carbocycles. The van der Waals surface area contributed by atoms with Crippen molar-refractivity contribution in [2.75, 3.05) is 19.7 Å². The van der Waals surface area contributed by atoms with Gasteiger partial charge in [-0.2, -0.15) is 0 Å². The van der Waals surface area contributed by atoms with Crippen LogP contribution in [0.25, 0.3) is 0 Å². The molecule has 1 aliphatic rings. The Morgan fingerprint density at radius 1 is 1.50 bits per heavy atom. The molecule has 3 amide bonds. The highest BCUT2D eigenvalue weighted by molar-refractivity contribution is 5.95. The Bertz CT molecular complexity index is 446. The molecule has 0 radical (unpaired) electrons. The van der Waals surface area contributed by atoms with Gasteiger partial charge >= 0.3 is 6.03 Å². The van der Waals surface area contributed by atoms with Crippen LogP contribution in [-0.4, -0.2) is 47.7 Å². The molecule has 2 rings (SSSR count). The highest BCUT2D eigenvalue weighted by Crippen LogP contribution is 2.15. The lowest BCUT2D eigenvalue weighted by atomic mass is 10.2. The van der Waals surface area contributed by atoms with Gasteiger partial charge in [0.2, 0.25) is 5.91 Å². The first-order valence-electron chi connectivity index (χ1n) is 6.64. The van der Waals surface area contributed by atoms with Crippen LogP contribution in [0.4, 0.5) is 4.79 Å². The zero-order valence-electron chi connectivity index (χ0n) is 11.2. The number of nitrogens with one attached hydrogen (secondary N) is 2. The van der Waals surface area contributed by atoms with E-state index in [1.807, 2.05) is 4.90 Å². The Hall–Kier alpha value is -1.86. The van der Waals surface area contributed by atoms with Crippen molar-refractivity contribution < 1.29 is 19.1 Å². The van der Waals surface area contributed by atoms with Crippen LogP contribution in [0.5, 0.6) is 0 Å². The van der Waals surface area contributed by atoms with Gasteiger partial charge in [0.25, 0.3) is 0 Å². The summed E-state index contributed by atoms with van der Waals surface area (Å²) in [5.41, 5.74) is 0. The van der Waals surface area contributed by atoms with Crippen molar-refractivity contribution in [1.29, 1.82) is 0 Å². The van der Waals surface area contributed by atoms with E-state index in [-0.39, 0.29) is 31.6 Å². The number of carbonyl (C=O) groups excluding carboxylic acids is 2. The quantitative estimate of drug-likeness (QED) is 0.709. The van der Waals surface area contributed by atoms with Crippen molar-refractivity contribution in [3.05, 3.63) is 24.2 Å². The second-order valence-corrected chi connectivity index (χ2v) is 4.76. The normalized spacial score (nSPS) is 18.9. The average Bonchev–Trinajstić information content (AvgIpc) is 3.06. The number of aliphatic hydroxyl groups excluding tert-OH is 1. The summed E-state index contributed by atoms with van der Waals surface area (Å²) in [5.74, 6) is 0.245. The van der Waals surface area contributed by atoms with Crippen LogP contribution in [-0.2, 0) is 11.3 Å². The highest BCUT2D eigenvalue weighted by atomic mass is 16.3. The molecule has 1 aromatic rings. The second kappa shape index (κ2) is 7.06. The van der Waals surface area contributed by atoms with E-state index in [4.69, 9.17) is 9.52 Å². The van der Waals surface area contributed by atoms with Crippen LogP contribution in [0.1, 0.15) is 18.6 Å². The maximum absolute atomic E-state index is 11.7. The largest absolute Gasteiger partial charge is 0.467 e. The molecule has 1 aliphatic heterocycles. The molecule has 20 heavy (non-hydrogen) atoms. The van der Waals surface area contributed by atoms with Gasteiger partial charge in [0.15, 0.2) is 0 Å². The van der Waals surface area contributed by atoms with E-state index in [2.05, 4.69) is 10.6 Å². The summed E-state index contributed by atoms with van der Waals surface area (Å²) in [7, 11) is 0. The first-order valence-corrected chi connectivity index (χ1v) is 6.64. The molecule has 7 heteroatoms. The van der Waals surface area contributed by atoms with E-state index >= 15 is 0 Å². The molecule has 0 saturated carbocycles. The number of likely N-dealkylation sites (tertiary alicyclic amines) is 1. The Morgan fingerprint density at radius 2 is 2.35 bits per heavy atom. The summed E-state index contributed by atoms with van der Waals surface area (Å²) >= 11 is 0. The molecule has 1 saturated heterocycles. The Labute approximate surface area is 116 Å². The molecular formula is C13H19N3O4. The number of carbonyl (C=O) groups is 2. The van der Waals surface area contributed by atoms with E-state index < -0.39 is 6.03 Å². The van der Waals surface area contributed by atoms with Crippen LogP contribution in [0.2, 0.25) is 0 Å². The number of urea groups is 1. The third-order valence-electron chi connectivity index (χ3n) is 3.31. The van der Waals surface area contributed by atoms with Gasteiger partial charge in [-0.25, -0.2) is 4.79 Å². The fourth-order valence-corrected chi connectivity index (χ4v) is 2.29. The van der Waals surface area contributed by atoms with Crippen LogP contribution in [0.3, 0.4) is 0 Å². The van der Waals surface area contributed by atoms with Crippen molar-refractivity contribution in [2.45, 2.75) is 25.4 Å². The molecule has 2 heterocycles. The Balaban J connectivity index is 1.69. The molecule has 1 atom stereocenters. The molecule has 110 valence electrons. The van der Waals surface area contributed by atoms with Gasteiger partial charge in [0, 0.05) is 6.04 Å². The first kappa shape index (κ1) is 14.5. The predicted octanol–water partition coefficient (Wildman–Crippen LogP) is 0.0621. The molecule has 3 N–H and O–H groups in total. The lowest BCUT2D eigenvalue weighted by molar-refractivity contribution is -0.121. The van der Waals surface area contributed by atoms with Crippen LogP contribution in [0, 0.1) is 0 Å². The van der Waals surface area contributed by atoms with Crippen molar-refractivity contribution in [1.82, 2.24) is 15.5 Å². The zero-order chi connectivity index (χ0) is 14.4. The van der Waals surface area contributed by atoms with Gasteiger partial charge in [0.1, 0.15) is 5.76 Å². The molecular weight excluding hydrogens is 262 g/mol. The predicted molar refractivity (Wildman–Crippen MR) is 70.8 cm³/mol. The third kappa shape index (κ3) is 4.07. The van der Waals surface area contributed by atoms with Crippen molar-refractivity contribution >= 4 is 11.9 Å². The van der Waals surface area contributed by atoms with Gasteiger partial charge in [-0.15, -0.1) is 0 Å². The van der Waals surface area contributed by atoms with E-state index in [1.165, 1.54) is 6.26 Å². The van der Waals surface area contributed by atoms with Gasteiger partial charge in [-0.05, 0) is 31.5 Å². The minimum Gasteiger partial charge on any atom is -0.467 e. The summed E-state index contributed by atoms with van der Waals surface area (Å²) in [5, 5.41) is 14.0. The van der Waals surface area contributed by atoms with E-state index in [1.54, 1.807) is 12.1 Å². The van der Waals surface area contributed by atoms with Gasteiger partial charge in [-0.1, -0.05) is 0 Å². The summed E-state index contributed by atoms with van der Waals surface area (Å²) in [6.07, 6.45) is 3.36. The smallest absolute Gasteiger partial charge is 0.321 e. The Morgan fingerprint density at radius 3 is 3.05 bits per heavy atom. The van der Waals surface area contributed by atoms with Gasteiger partial charge in [0.05, 0.1) is 26.0 Å². The van der Waals surface area contributed by atoms with E-state index in [9.17, 15) is 9.59 Å². The maximum atomic E-state index is 11.7. The number of amides is 3. The lowest BCUT2D eigenvalue weighted by Crippen LogP contribution is -2.46. The standard InChI is InChI=1S/C13H19N3O4/c17-9-10-3-1-5-16(10)8-12(18)15-13(19)14-7-11-4-2-6-20-11/h2,4,6,10,17H,1,3,5,7-9H2,(H2,14,15,18,19). The molecule has 1 unspecified atom stereocenters. The van der Waals surface area contributed by atoms with Crippen molar-refractivity contribution in [3.63, 3.8) is 0 Å². The fraction of sp³-hybridized carbons (Fsp3) is 0.538. The van der Waals surface area contributed by atoms with Crippen molar-refractivity contribution in [2.24, 2.45) is 0 Å². The zero-order valence-corrected chi connectivity index (χ0v) is 11.2. The number of hydrogen-bond donors (Lipinski definition) is 3. The number of imide groups is 1. The summed E-state index contributed by atoms with van der Waals surface area (Å²) in [4.78, 5) is 25.1. The van der Waals surface area contributed by atoms with Crippen LogP contribution in [0.15, 0.2) is 22.8 Å². The van der Waals surface area contributed by atoms with Gasteiger partial charge in [-0.3, -0.25) is 15.0 Å². The summed E-state index contributed by atoms with van der Waals surface area (Å²) in [6.45, 7) is 1.17. The summed E-state index contributed by atoms with van der Waals surface area (Å²) < 4.78 is 5.06. The SMILES string of the molecule is O=C(CN1CCCC1CO)NC(=O)NCc1ccco1. The number of hydrogen-bond acceptors (Lipinski definition) is 5. The molecule has 1 fully saturated rings. The number of furan rings is 1. The van der Waals surface area contributed by atoms with E-state index in [0.29, 0.717) is 5.76 Å². The van der Waals surface area contributed by atoms with Gasteiger partial charge < -0.3 is 14.8 Å². The number of rotatable bonds is 5. The molecule has 0 aromatic carbocycles. The number of aliphatic hydroxyl groups is 1. The number of nitrogens with zero attached hydrogens (tertiary/aromatic N) is 1. The summed E-state index contributed by atoms with van der Waals surface area (Å²) in [6, 6.07) is 2.93. The van der Waals surface area contributed by atoms with Crippen LogP contribution < -0.4 is 10.6 Å². The highest BCUT2D eigenvalue weighted by Gasteiger charge is 2.25. The van der Waals surface area contributed by atoms with Crippen molar-refractivity contribution in [3.8, 4) is 0 Å². The molecule has 1 aromatic heterocycles. The lowest BCUT2D eigenvalue weighted by Gasteiger charge is -2.21. The Kier molecular flexibility index (Phi) is 5.14. The molecule has 0 spiro atoms. The molecule has 7 nitrogen and oxygen atoms in total. The molecule has 0 bridgehead atoms. The maximum Gasteiger partial charge on any atom is 0.321 e. The topological polar surface area (TPSA) is 94.8 Å². The first-order chi connectivity index (χ1) is 9.69. The minimum atomic E-state index is -0.550. The third-order valence-corrected chi connectivity index (χ3v) is 3.31. The van der Waals surface area contributed by atoms with Crippen LogP contribution >= 0.6 is 0 Å².